The number of nitrogens with two attached hydrogens (primary N) is 1. The third-order valence-corrected chi connectivity index (χ3v) is 4.62. The second kappa shape index (κ2) is 8.34. The van der Waals surface area contributed by atoms with Crippen molar-refractivity contribution in [1.82, 2.24) is 4.90 Å². The van der Waals surface area contributed by atoms with Crippen LogP contribution in [0.25, 0.3) is 0 Å². The van der Waals surface area contributed by atoms with Crippen LogP contribution in [0.4, 0.5) is 0 Å². The lowest BCUT2D eigenvalue weighted by molar-refractivity contribution is 0.0138. The highest BCUT2D eigenvalue weighted by atomic mass is 79.9. The molecule has 0 bridgehead atoms. The zero-order chi connectivity index (χ0) is 14.7. The number of amides is 1. The number of rotatable bonds is 3. The van der Waals surface area contributed by atoms with Crippen molar-refractivity contribution < 1.29 is 9.53 Å². The van der Waals surface area contributed by atoms with E-state index in [0.717, 1.165) is 17.3 Å². The molecule has 1 heterocycles. The van der Waals surface area contributed by atoms with Crippen molar-refractivity contribution in [2.45, 2.75) is 25.0 Å². The maximum absolute atomic E-state index is 12.7. The average molecular weight is 398 g/mol. The van der Waals surface area contributed by atoms with E-state index in [1.54, 1.807) is 25.3 Å². The highest BCUT2D eigenvalue weighted by Gasteiger charge is 2.32. The lowest BCUT2D eigenvalue weighted by atomic mass is 9.98. The monoisotopic (exact) mass is 396 g/mol. The van der Waals surface area contributed by atoms with Gasteiger partial charge in [-0.1, -0.05) is 11.6 Å². The van der Waals surface area contributed by atoms with Crippen LogP contribution < -0.4 is 5.73 Å². The molecule has 7 heteroatoms. The Hall–Kier alpha value is -0.330. The molecule has 2 rings (SSSR count). The standard InChI is InChI=1S/C14H18BrClN2O2.ClH/c1-20-11-4-5-18(10(7-11)8-17)14(19)12-6-9(16)2-3-13(12)15;/h2-3,6,10-11H,4-5,7-8,17H2,1H3;1H. The molecule has 2 N–H and O–H groups in total. The molecule has 1 aliphatic heterocycles. The van der Waals surface area contributed by atoms with Gasteiger partial charge in [-0.2, -0.15) is 0 Å². The van der Waals surface area contributed by atoms with Crippen molar-refractivity contribution in [2.24, 2.45) is 5.73 Å². The van der Waals surface area contributed by atoms with Gasteiger partial charge in [-0.25, -0.2) is 0 Å². The van der Waals surface area contributed by atoms with Crippen LogP contribution in [-0.4, -0.2) is 43.2 Å². The van der Waals surface area contributed by atoms with Crippen molar-refractivity contribution in [1.29, 1.82) is 0 Å². The number of methoxy groups -OCH3 is 1. The topological polar surface area (TPSA) is 55.6 Å². The van der Waals surface area contributed by atoms with Crippen LogP contribution in [0.5, 0.6) is 0 Å². The van der Waals surface area contributed by atoms with E-state index in [4.69, 9.17) is 22.1 Å². The zero-order valence-corrected chi connectivity index (χ0v) is 14.9. The summed E-state index contributed by atoms with van der Waals surface area (Å²) in [7, 11) is 1.70. The predicted molar refractivity (Wildman–Crippen MR) is 90.3 cm³/mol. The van der Waals surface area contributed by atoms with Gasteiger partial charge in [0.05, 0.1) is 11.7 Å². The summed E-state index contributed by atoms with van der Waals surface area (Å²) in [5, 5.41) is 0.549. The zero-order valence-electron chi connectivity index (χ0n) is 11.7. The molecular weight excluding hydrogens is 379 g/mol. The van der Waals surface area contributed by atoms with Crippen LogP contribution in [0.2, 0.25) is 5.02 Å². The molecule has 1 aliphatic rings. The third-order valence-electron chi connectivity index (χ3n) is 3.69. The van der Waals surface area contributed by atoms with Crippen molar-refractivity contribution in [2.75, 3.05) is 20.2 Å². The van der Waals surface area contributed by atoms with Gasteiger partial charge in [-0.15, -0.1) is 12.4 Å². The molecule has 0 spiro atoms. The van der Waals surface area contributed by atoms with E-state index in [1.165, 1.54) is 0 Å². The van der Waals surface area contributed by atoms with Crippen molar-refractivity contribution in [3.8, 4) is 0 Å². The maximum atomic E-state index is 12.7. The predicted octanol–water partition coefficient (Wildman–Crippen LogP) is 3.10. The Balaban J connectivity index is 0.00000220. The van der Waals surface area contributed by atoms with E-state index in [2.05, 4.69) is 15.9 Å². The van der Waals surface area contributed by atoms with Crippen molar-refractivity contribution in [3.05, 3.63) is 33.3 Å². The molecule has 1 fully saturated rings. The summed E-state index contributed by atoms with van der Waals surface area (Å²) in [6.45, 7) is 1.09. The summed E-state index contributed by atoms with van der Waals surface area (Å²) in [5.74, 6) is -0.0376. The smallest absolute Gasteiger partial charge is 0.255 e. The molecule has 2 atom stereocenters. The molecule has 1 aromatic carbocycles. The second-order valence-corrected chi connectivity index (χ2v) is 6.19. The number of hydrogen-bond acceptors (Lipinski definition) is 3. The van der Waals surface area contributed by atoms with Gasteiger partial charge in [0.15, 0.2) is 0 Å². The van der Waals surface area contributed by atoms with Crippen LogP contribution in [0.1, 0.15) is 23.2 Å². The summed E-state index contributed by atoms with van der Waals surface area (Å²) in [6, 6.07) is 5.23. The minimum atomic E-state index is -0.0376. The molecule has 0 saturated carbocycles. The van der Waals surface area contributed by atoms with E-state index in [-0.39, 0.29) is 30.5 Å². The van der Waals surface area contributed by atoms with Gasteiger partial charge in [0.2, 0.25) is 0 Å². The van der Waals surface area contributed by atoms with Gasteiger partial charge in [0.1, 0.15) is 0 Å². The fraction of sp³-hybridized carbons (Fsp3) is 0.500. The van der Waals surface area contributed by atoms with E-state index < -0.39 is 0 Å². The van der Waals surface area contributed by atoms with E-state index >= 15 is 0 Å². The summed E-state index contributed by atoms with van der Waals surface area (Å²) in [5.41, 5.74) is 6.38. The molecule has 21 heavy (non-hydrogen) atoms. The summed E-state index contributed by atoms with van der Waals surface area (Å²) in [6.07, 6.45) is 1.78. The number of hydrogen-bond donors (Lipinski definition) is 1. The number of ether oxygens (including phenoxy) is 1. The number of likely N-dealkylation sites (tertiary alicyclic amines) is 1. The molecule has 4 nitrogen and oxygen atoms in total. The normalized spacial score (nSPS) is 21.8. The first kappa shape index (κ1) is 18.7. The Morgan fingerprint density at radius 1 is 1.57 bits per heavy atom. The molecular formula is C14H19BrCl2N2O2. The largest absolute Gasteiger partial charge is 0.381 e. The number of halogens is 3. The van der Waals surface area contributed by atoms with E-state index in [0.29, 0.717) is 23.7 Å². The first-order chi connectivity index (χ1) is 9.56. The molecule has 118 valence electrons. The first-order valence-corrected chi connectivity index (χ1v) is 7.72. The Bertz CT molecular complexity index is 502. The highest BCUT2D eigenvalue weighted by Crippen LogP contribution is 2.26. The Labute approximate surface area is 144 Å². The van der Waals surface area contributed by atoms with Gasteiger partial charge in [-0.3, -0.25) is 4.79 Å². The molecule has 0 radical (unpaired) electrons. The Morgan fingerprint density at radius 3 is 2.90 bits per heavy atom. The number of carbonyl (C=O) groups is 1. The maximum Gasteiger partial charge on any atom is 0.255 e. The fourth-order valence-electron chi connectivity index (χ4n) is 2.54. The lowest BCUT2D eigenvalue weighted by Crippen LogP contribution is -2.51. The third kappa shape index (κ3) is 4.33. The lowest BCUT2D eigenvalue weighted by Gasteiger charge is -2.38. The molecule has 2 unspecified atom stereocenters. The minimum absolute atomic E-state index is 0. The number of piperidine rings is 1. The van der Waals surface area contributed by atoms with Crippen LogP contribution in [0.15, 0.2) is 22.7 Å². The summed E-state index contributed by atoms with van der Waals surface area (Å²) < 4.78 is 6.12. The van der Waals surface area contributed by atoms with Crippen LogP contribution in [0, 0.1) is 0 Å². The number of carbonyl (C=O) groups excluding carboxylic acids is 1. The fourth-order valence-corrected chi connectivity index (χ4v) is 3.12. The molecule has 1 saturated heterocycles. The number of benzene rings is 1. The summed E-state index contributed by atoms with van der Waals surface area (Å²) in [4.78, 5) is 14.5. The SMILES string of the molecule is COC1CCN(C(=O)c2cc(Cl)ccc2Br)C(CN)C1.Cl. The van der Waals surface area contributed by atoms with Gasteiger partial charge in [0, 0.05) is 35.7 Å². The Kier molecular flexibility index (Phi) is 7.44. The molecule has 1 amide bonds. The van der Waals surface area contributed by atoms with Gasteiger partial charge in [-0.05, 0) is 47.0 Å². The quantitative estimate of drug-likeness (QED) is 0.852. The average Bonchev–Trinajstić information content (AvgIpc) is 2.48. The molecule has 1 aromatic rings. The van der Waals surface area contributed by atoms with Crippen LogP contribution in [0.3, 0.4) is 0 Å². The van der Waals surface area contributed by atoms with Crippen molar-refractivity contribution >= 4 is 45.8 Å². The van der Waals surface area contributed by atoms with Crippen LogP contribution >= 0.6 is 39.9 Å². The highest BCUT2D eigenvalue weighted by molar-refractivity contribution is 9.10. The molecule has 0 aliphatic carbocycles. The second-order valence-electron chi connectivity index (χ2n) is 4.89. The number of nitrogens with zero attached hydrogens (tertiary/aromatic N) is 1. The van der Waals surface area contributed by atoms with Crippen LogP contribution in [-0.2, 0) is 4.74 Å². The van der Waals surface area contributed by atoms with Gasteiger partial charge < -0.3 is 15.4 Å². The van der Waals surface area contributed by atoms with E-state index in [9.17, 15) is 4.79 Å². The van der Waals surface area contributed by atoms with Gasteiger partial charge >= 0.3 is 0 Å². The minimum Gasteiger partial charge on any atom is -0.381 e. The van der Waals surface area contributed by atoms with Gasteiger partial charge in [0.25, 0.3) is 5.91 Å². The first-order valence-electron chi connectivity index (χ1n) is 6.55. The molecule has 0 aromatic heterocycles. The Morgan fingerprint density at radius 2 is 2.29 bits per heavy atom. The van der Waals surface area contributed by atoms with Crippen molar-refractivity contribution in [3.63, 3.8) is 0 Å². The van der Waals surface area contributed by atoms with E-state index in [1.807, 2.05) is 4.90 Å². The summed E-state index contributed by atoms with van der Waals surface area (Å²) >= 11 is 9.38.